The van der Waals surface area contributed by atoms with Crippen LogP contribution in [0.3, 0.4) is 0 Å². The molecule has 1 fully saturated rings. The van der Waals surface area contributed by atoms with Gasteiger partial charge in [-0.2, -0.15) is 0 Å². The van der Waals surface area contributed by atoms with Crippen molar-refractivity contribution in [1.29, 1.82) is 0 Å². The second kappa shape index (κ2) is 6.68. The standard InChI is InChI=1S/C19H20ClFN2S/c1-22-6-8-23(9-7-22)17-10-13-4-2-3-5-18(13)24-19-15(17)11-14(20)12-16(19)21/h2-5,11-12,17H,6-10H2,1H3/t17-/m1/s1. The van der Waals surface area contributed by atoms with Crippen LogP contribution >= 0.6 is 23.4 Å². The van der Waals surface area contributed by atoms with E-state index in [1.807, 2.05) is 12.1 Å². The molecule has 0 aromatic heterocycles. The summed E-state index contributed by atoms with van der Waals surface area (Å²) in [5.41, 5.74) is 2.32. The Morgan fingerprint density at radius 2 is 1.88 bits per heavy atom. The molecular weight excluding hydrogens is 343 g/mol. The minimum Gasteiger partial charge on any atom is -0.304 e. The highest BCUT2D eigenvalue weighted by atomic mass is 35.5. The van der Waals surface area contributed by atoms with Crippen LogP contribution in [0.15, 0.2) is 46.2 Å². The number of likely N-dealkylation sites (N-methyl/N-ethyl adjacent to an activating group) is 1. The summed E-state index contributed by atoms with van der Waals surface area (Å²) in [5, 5.41) is 0.483. The lowest BCUT2D eigenvalue weighted by Gasteiger charge is -2.38. The predicted octanol–water partition coefficient (Wildman–Crippen LogP) is 4.47. The molecule has 1 saturated heterocycles. The number of hydrogen-bond acceptors (Lipinski definition) is 3. The molecule has 1 atom stereocenters. The van der Waals surface area contributed by atoms with Crippen molar-refractivity contribution in [3.63, 3.8) is 0 Å². The average molecular weight is 363 g/mol. The number of piperazine rings is 1. The Balaban J connectivity index is 1.80. The van der Waals surface area contributed by atoms with Crippen LogP contribution in [-0.4, -0.2) is 43.0 Å². The first-order valence-electron chi connectivity index (χ1n) is 8.29. The minimum atomic E-state index is -0.210. The molecule has 2 nitrogen and oxygen atoms in total. The van der Waals surface area contributed by atoms with Gasteiger partial charge in [0.05, 0.1) is 4.90 Å². The van der Waals surface area contributed by atoms with Crippen LogP contribution in [0.25, 0.3) is 0 Å². The van der Waals surface area contributed by atoms with E-state index in [0.29, 0.717) is 5.02 Å². The molecule has 2 aliphatic rings. The lowest BCUT2D eigenvalue weighted by molar-refractivity contribution is 0.109. The molecule has 5 heteroatoms. The molecule has 24 heavy (non-hydrogen) atoms. The van der Waals surface area contributed by atoms with Crippen molar-refractivity contribution in [3.05, 3.63) is 58.4 Å². The fourth-order valence-corrected chi connectivity index (χ4v) is 4.93. The van der Waals surface area contributed by atoms with Gasteiger partial charge in [0, 0.05) is 42.1 Å². The van der Waals surface area contributed by atoms with Crippen LogP contribution < -0.4 is 0 Å². The van der Waals surface area contributed by atoms with Gasteiger partial charge < -0.3 is 4.90 Å². The van der Waals surface area contributed by atoms with Gasteiger partial charge in [-0.25, -0.2) is 4.39 Å². The van der Waals surface area contributed by atoms with E-state index < -0.39 is 0 Å². The highest BCUT2D eigenvalue weighted by Gasteiger charge is 2.31. The highest BCUT2D eigenvalue weighted by molar-refractivity contribution is 7.99. The molecule has 0 radical (unpaired) electrons. The zero-order chi connectivity index (χ0) is 16.7. The summed E-state index contributed by atoms with van der Waals surface area (Å²) in [6.07, 6.45) is 0.902. The molecule has 2 aromatic carbocycles. The maximum absolute atomic E-state index is 14.7. The van der Waals surface area contributed by atoms with Crippen LogP contribution in [0.1, 0.15) is 17.2 Å². The molecule has 2 aliphatic heterocycles. The fourth-order valence-electron chi connectivity index (χ4n) is 3.60. The van der Waals surface area contributed by atoms with Gasteiger partial charge in [-0.1, -0.05) is 41.6 Å². The van der Waals surface area contributed by atoms with Crippen molar-refractivity contribution in [2.24, 2.45) is 0 Å². The van der Waals surface area contributed by atoms with Gasteiger partial charge in [0.1, 0.15) is 5.82 Å². The Morgan fingerprint density at radius 3 is 2.67 bits per heavy atom. The molecule has 4 rings (SSSR count). The van der Waals surface area contributed by atoms with Crippen LogP contribution in [0.4, 0.5) is 4.39 Å². The first-order valence-corrected chi connectivity index (χ1v) is 9.48. The number of nitrogens with zero attached hydrogens (tertiary/aromatic N) is 2. The van der Waals surface area contributed by atoms with Crippen molar-refractivity contribution < 1.29 is 4.39 Å². The summed E-state index contributed by atoms with van der Waals surface area (Å²) in [5.74, 6) is -0.210. The fraction of sp³-hybridized carbons (Fsp3) is 0.368. The summed E-state index contributed by atoms with van der Waals surface area (Å²) in [6.45, 7) is 4.09. The molecule has 0 amide bonds. The third-order valence-corrected chi connectivity index (χ3v) is 6.44. The molecule has 2 heterocycles. The topological polar surface area (TPSA) is 6.48 Å². The predicted molar refractivity (Wildman–Crippen MR) is 97.5 cm³/mol. The SMILES string of the molecule is CN1CCN([C@@H]2Cc3ccccc3Sc3c(F)cc(Cl)cc32)CC1. The Bertz CT molecular complexity index is 759. The zero-order valence-electron chi connectivity index (χ0n) is 13.6. The Morgan fingerprint density at radius 1 is 1.12 bits per heavy atom. The van der Waals surface area contributed by atoms with Crippen molar-refractivity contribution in [1.82, 2.24) is 9.80 Å². The largest absolute Gasteiger partial charge is 0.304 e. The molecular formula is C19H20ClFN2S. The second-order valence-electron chi connectivity index (χ2n) is 6.57. The lowest BCUT2D eigenvalue weighted by atomic mass is 9.96. The zero-order valence-corrected chi connectivity index (χ0v) is 15.2. The lowest BCUT2D eigenvalue weighted by Crippen LogP contribution is -2.46. The summed E-state index contributed by atoms with van der Waals surface area (Å²) in [7, 11) is 2.15. The molecule has 0 spiro atoms. The normalized spacial score (nSPS) is 21.9. The van der Waals surface area contributed by atoms with Gasteiger partial charge in [-0.15, -0.1) is 0 Å². The minimum absolute atomic E-state index is 0.179. The Labute approximate surface area is 151 Å². The smallest absolute Gasteiger partial charge is 0.138 e. The van der Waals surface area contributed by atoms with Crippen LogP contribution in [-0.2, 0) is 6.42 Å². The van der Waals surface area contributed by atoms with E-state index in [1.165, 1.54) is 23.4 Å². The first-order chi connectivity index (χ1) is 11.6. The molecule has 0 bridgehead atoms. The summed E-state index contributed by atoms with van der Waals surface area (Å²) in [4.78, 5) is 6.71. The maximum Gasteiger partial charge on any atom is 0.138 e. The van der Waals surface area contributed by atoms with Crippen molar-refractivity contribution >= 4 is 23.4 Å². The van der Waals surface area contributed by atoms with E-state index in [0.717, 1.165) is 48.0 Å². The first kappa shape index (κ1) is 16.4. The van der Waals surface area contributed by atoms with Gasteiger partial charge in [0.25, 0.3) is 0 Å². The van der Waals surface area contributed by atoms with Gasteiger partial charge in [-0.05, 0) is 42.8 Å². The van der Waals surface area contributed by atoms with Crippen LogP contribution in [0.2, 0.25) is 5.02 Å². The number of halogens is 2. The molecule has 126 valence electrons. The van der Waals surface area contributed by atoms with E-state index in [-0.39, 0.29) is 11.9 Å². The maximum atomic E-state index is 14.7. The quantitative estimate of drug-likeness (QED) is 0.738. The number of fused-ring (bicyclic) bond motifs is 2. The molecule has 0 saturated carbocycles. The van der Waals surface area contributed by atoms with Gasteiger partial charge in [-0.3, -0.25) is 4.90 Å². The van der Waals surface area contributed by atoms with Crippen LogP contribution in [0, 0.1) is 5.82 Å². The third-order valence-electron chi connectivity index (χ3n) is 4.97. The average Bonchev–Trinajstić information content (AvgIpc) is 2.73. The highest BCUT2D eigenvalue weighted by Crippen LogP contribution is 2.45. The van der Waals surface area contributed by atoms with Gasteiger partial charge >= 0.3 is 0 Å². The summed E-state index contributed by atoms with van der Waals surface area (Å²) < 4.78 is 14.7. The van der Waals surface area contributed by atoms with Gasteiger partial charge in [0.2, 0.25) is 0 Å². The number of benzene rings is 2. The van der Waals surface area contributed by atoms with Crippen molar-refractivity contribution in [3.8, 4) is 0 Å². The Kier molecular flexibility index (Phi) is 4.56. The molecule has 0 aliphatic carbocycles. The van der Waals surface area contributed by atoms with Crippen molar-refractivity contribution in [2.45, 2.75) is 22.3 Å². The summed E-state index contributed by atoms with van der Waals surface area (Å²) >= 11 is 7.73. The monoisotopic (exact) mass is 362 g/mol. The van der Waals surface area contributed by atoms with Gasteiger partial charge in [0.15, 0.2) is 0 Å². The van der Waals surface area contributed by atoms with E-state index in [9.17, 15) is 4.39 Å². The molecule has 0 unspecified atom stereocenters. The summed E-state index contributed by atoms with van der Waals surface area (Å²) in [6, 6.07) is 11.9. The Hall–Kier alpha value is -1.07. The van der Waals surface area contributed by atoms with E-state index in [1.54, 1.807) is 0 Å². The van der Waals surface area contributed by atoms with E-state index in [2.05, 4.69) is 35.0 Å². The molecule has 0 N–H and O–H groups in total. The molecule has 2 aromatic rings. The third kappa shape index (κ3) is 3.08. The second-order valence-corrected chi connectivity index (χ2v) is 8.06. The number of rotatable bonds is 1. The van der Waals surface area contributed by atoms with Crippen molar-refractivity contribution in [2.75, 3.05) is 33.2 Å². The van der Waals surface area contributed by atoms with E-state index in [4.69, 9.17) is 11.6 Å². The van der Waals surface area contributed by atoms with E-state index >= 15 is 0 Å². The number of hydrogen-bond donors (Lipinski definition) is 0. The van der Waals surface area contributed by atoms with Crippen LogP contribution in [0.5, 0.6) is 0 Å².